The fourth-order valence-electron chi connectivity index (χ4n) is 3.52. The van der Waals surface area contributed by atoms with Gasteiger partial charge in [-0.3, -0.25) is 14.9 Å². The lowest BCUT2D eigenvalue weighted by Crippen LogP contribution is -2.28. The van der Waals surface area contributed by atoms with Crippen molar-refractivity contribution in [1.82, 2.24) is 20.1 Å². The number of hydrogen-bond donors (Lipinski definition) is 2. The monoisotopic (exact) mass is 397 g/mol. The first kappa shape index (κ1) is 18.8. The van der Waals surface area contributed by atoms with Crippen molar-refractivity contribution in [3.05, 3.63) is 51.4 Å². The van der Waals surface area contributed by atoms with Crippen LogP contribution in [0.25, 0.3) is 10.8 Å². The molecule has 2 aromatic heterocycles. The van der Waals surface area contributed by atoms with Crippen molar-refractivity contribution in [1.29, 1.82) is 0 Å². The van der Waals surface area contributed by atoms with Crippen LogP contribution in [0.15, 0.2) is 35.3 Å². The van der Waals surface area contributed by atoms with E-state index in [0.29, 0.717) is 21.8 Å². The lowest BCUT2D eigenvalue weighted by Gasteiger charge is -2.20. The van der Waals surface area contributed by atoms with Crippen LogP contribution in [0.1, 0.15) is 54.0 Å². The van der Waals surface area contributed by atoms with Crippen LogP contribution in [-0.4, -0.2) is 33.8 Å². The zero-order chi connectivity index (χ0) is 19.7. The van der Waals surface area contributed by atoms with Crippen molar-refractivity contribution in [3.8, 4) is 0 Å². The van der Waals surface area contributed by atoms with E-state index in [-0.39, 0.29) is 23.2 Å². The SMILES string of the molecule is CC(C)n1nc(C(=O)Nc2ncc(C3CCNCC3)s2)c2ccccc2c1=O. The summed E-state index contributed by atoms with van der Waals surface area (Å²) in [6.07, 6.45) is 4.03. The molecular weight excluding hydrogens is 374 g/mol. The second-order valence-corrected chi connectivity index (χ2v) is 8.35. The first-order valence-corrected chi connectivity index (χ1v) is 10.4. The minimum atomic E-state index is -0.350. The smallest absolute Gasteiger partial charge is 0.278 e. The predicted octanol–water partition coefficient (Wildman–Crippen LogP) is 3.15. The fraction of sp³-hybridized carbons (Fsp3) is 0.400. The van der Waals surface area contributed by atoms with Crippen LogP contribution >= 0.6 is 11.3 Å². The molecule has 3 aromatic rings. The maximum absolute atomic E-state index is 13.0. The summed E-state index contributed by atoms with van der Waals surface area (Å²) >= 11 is 1.51. The highest BCUT2D eigenvalue weighted by molar-refractivity contribution is 7.15. The first-order valence-electron chi connectivity index (χ1n) is 9.54. The van der Waals surface area contributed by atoms with E-state index in [4.69, 9.17) is 0 Å². The molecule has 0 bridgehead atoms. The van der Waals surface area contributed by atoms with Gasteiger partial charge in [0.05, 0.1) is 11.4 Å². The lowest BCUT2D eigenvalue weighted by atomic mass is 9.97. The van der Waals surface area contributed by atoms with Crippen molar-refractivity contribution in [2.75, 3.05) is 18.4 Å². The molecule has 1 aliphatic heterocycles. The number of aromatic nitrogens is 3. The highest BCUT2D eigenvalue weighted by Crippen LogP contribution is 2.32. The van der Waals surface area contributed by atoms with Crippen LogP contribution < -0.4 is 16.2 Å². The molecule has 8 heteroatoms. The number of fused-ring (bicyclic) bond motifs is 1. The summed E-state index contributed by atoms with van der Waals surface area (Å²) in [5.41, 5.74) is 0.0482. The maximum Gasteiger partial charge on any atom is 0.278 e. The zero-order valence-electron chi connectivity index (χ0n) is 15.9. The third kappa shape index (κ3) is 3.57. The standard InChI is InChI=1S/C20H23N5O2S/c1-12(2)25-19(27)15-6-4-3-5-14(15)17(24-25)18(26)23-20-22-11-16(28-20)13-7-9-21-10-8-13/h3-6,11-13,21H,7-10H2,1-2H3,(H,22,23,26). The van der Waals surface area contributed by atoms with Crippen molar-refractivity contribution in [2.24, 2.45) is 0 Å². The van der Waals surface area contributed by atoms with Crippen LogP contribution in [0.3, 0.4) is 0 Å². The van der Waals surface area contributed by atoms with Gasteiger partial charge in [0.15, 0.2) is 10.8 Å². The molecule has 7 nitrogen and oxygen atoms in total. The Morgan fingerprint density at radius 2 is 1.96 bits per heavy atom. The van der Waals surface area contributed by atoms with Gasteiger partial charge in [0, 0.05) is 16.5 Å². The molecule has 1 aliphatic rings. The van der Waals surface area contributed by atoms with Gasteiger partial charge in [-0.15, -0.1) is 11.3 Å². The van der Waals surface area contributed by atoms with Crippen LogP contribution in [0.4, 0.5) is 5.13 Å². The first-order chi connectivity index (χ1) is 13.5. The molecule has 0 saturated carbocycles. The summed E-state index contributed by atoms with van der Waals surface area (Å²) in [4.78, 5) is 31.2. The van der Waals surface area contributed by atoms with Crippen molar-refractivity contribution >= 4 is 33.1 Å². The molecule has 1 amide bonds. The number of amides is 1. The van der Waals surface area contributed by atoms with Crippen LogP contribution in [0.5, 0.6) is 0 Å². The Kier molecular flexibility index (Phi) is 5.23. The number of carbonyl (C=O) groups excluding carboxylic acids is 1. The van der Waals surface area contributed by atoms with E-state index in [0.717, 1.165) is 25.9 Å². The summed E-state index contributed by atoms with van der Waals surface area (Å²) in [7, 11) is 0. The molecule has 1 aromatic carbocycles. The number of nitrogens with one attached hydrogen (secondary N) is 2. The highest BCUT2D eigenvalue weighted by Gasteiger charge is 2.21. The van der Waals surface area contributed by atoms with Gasteiger partial charge >= 0.3 is 0 Å². The number of hydrogen-bond acceptors (Lipinski definition) is 6. The summed E-state index contributed by atoms with van der Waals surface area (Å²) in [5.74, 6) is 0.142. The predicted molar refractivity (Wildman–Crippen MR) is 111 cm³/mol. The molecule has 3 heterocycles. The normalized spacial score (nSPS) is 15.2. The maximum atomic E-state index is 13.0. The zero-order valence-corrected chi connectivity index (χ0v) is 16.8. The third-order valence-corrected chi connectivity index (χ3v) is 6.09. The van der Waals surface area contributed by atoms with Gasteiger partial charge in [0.25, 0.3) is 11.5 Å². The lowest BCUT2D eigenvalue weighted by molar-refractivity contribution is 0.102. The highest BCUT2D eigenvalue weighted by atomic mass is 32.1. The molecule has 0 unspecified atom stereocenters. The Hall–Kier alpha value is -2.58. The molecule has 0 atom stereocenters. The molecular formula is C20H23N5O2S. The van der Waals surface area contributed by atoms with Crippen molar-refractivity contribution in [3.63, 3.8) is 0 Å². The summed E-state index contributed by atoms with van der Waals surface area (Å²) in [5, 5.41) is 12.2. The number of rotatable bonds is 4. The number of benzene rings is 1. The van der Waals surface area contributed by atoms with Gasteiger partial charge in [0.2, 0.25) is 0 Å². The Labute approximate surface area is 166 Å². The molecule has 146 valence electrons. The Morgan fingerprint density at radius 3 is 2.68 bits per heavy atom. The van der Waals surface area contributed by atoms with E-state index < -0.39 is 0 Å². The minimum Gasteiger partial charge on any atom is -0.317 e. The van der Waals surface area contributed by atoms with Gasteiger partial charge in [-0.2, -0.15) is 5.10 Å². The van der Waals surface area contributed by atoms with E-state index in [2.05, 4.69) is 20.7 Å². The molecule has 2 N–H and O–H groups in total. The minimum absolute atomic E-state index is 0.143. The molecule has 0 spiro atoms. The summed E-state index contributed by atoms with van der Waals surface area (Å²) in [6, 6.07) is 6.94. The van der Waals surface area contributed by atoms with Gasteiger partial charge < -0.3 is 5.32 Å². The number of piperidine rings is 1. The number of nitrogens with zero attached hydrogens (tertiary/aromatic N) is 3. The number of anilines is 1. The molecule has 28 heavy (non-hydrogen) atoms. The Morgan fingerprint density at radius 1 is 1.25 bits per heavy atom. The van der Waals surface area contributed by atoms with Gasteiger partial charge in [-0.05, 0) is 51.8 Å². The van der Waals surface area contributed by atoms with Crippen molar-refractivity contribution < 1.29 is 4.79 Å². The summed E-state index contributed by atoms with van der Waals surface area (Å²) in [6.45, 7) is 5.77. The Bertz CT molecular complexity index is 1070. The summed E-state index contributed by atoms with van der Waals surface area (Å²) < 4.78 is 1.36. The molecule has 1 saturated heterocycles. The van der Waals surface area contributed by atoms with E-state index in [1.54, 1.807) is 24.3 Å². The Balaban J connectivity index is 1.65. The van der Waals surface area contributed by atoms with Gasteiger partial charge in [-0.25, -0.2) is 9.67 Å². The van der Waals surface area contributed by atoms with E-state index in [1.165, 1.54) is 20.9 Å². The van der Waals surface area contributed by atoms with E-state index in [9.17, 15) is 9.59 Å². The largest absolute Gasteiger partial charge is 0.317 e. The average Bonchev–Trinajstić information content (AvgIpc) is 3.17. The van der Waals surface area contributed by atoms with Crippen LogP contribution in [0, 0.1) is 0 Å². The number of carbonyl (C=O) groups is 1. The van der Waals surface area contributed by atoms with E-state index >= 15 is 0 Å². The third-order valence-electron chi connectivity index (χ3n) is 5.02. The average molecular weight is 398 g/mol. The quantitative estimate of drug-likeness (QED) is 0.706. The van der Waals surface area contributed by atoms with Gasteiger partial charge in [-0.1, -0.05) is 18.2 Å². The second-order valence-electron chi connectivity index (χ2n) is 7.28. The van der Waals surface area contributed by atoms with Crippen LogP contribution in [0.2, 0.25) is 0 Å². The van der Waals surface area contributed by atoms with Crippen molar-refractivity contribution in [2.45, 2.75) is 38.6 Å². The molecule has 4 rings (SSSR count). The topological polar surface area (TPSA) is 88.9 Å². The molecule has 1 fully saturated rings. The van der Waals surface area contributed by atoms with E-state index in [1.807, 2.05) is 20.0 Å². The molecule has 0 aliphatic carbocycles. The fourth-order valence-corrected chi connectivity index (χ4v) is 4.50. The second kappa shape index (κ2) is 7.81. The van der Waals surface area contributed by atoms with Crippen LogP contribution in [-0.2, 0) is 0 Å². The van der Waals surface area contributed by atoms with Gasteiger partial charge in [0.1, 0.15) is 0 Å². The molecule has 0 radical (unpaired) electrons. The number of thiazole rings is 1.